The van der Waals surface area contributed by atoms with E-state index in [0.29, 0.717) is 0 Å². The van der Waals surface area contributed by atoms with Crippen LogP contribution in [-0.4, -0.2) is 0 Å². The van der Waals surface area contributed by atoms with E-state index in [2.05, 4.69) is 230 Å². The molecule has 0 amide bonds. The Labute approximate surface area is 338 Å². The number of hydrogen-bond acceptors (Lipinski definition) is 1. The molecule has 0 saturated heterocycles. The lowest BCUT2D eigenvalue weighted by Gasteiger charge is -2.29. The molecule has 0 aliphatic carbocycles. The third-order valence-electron chi connectivity index (χ3n) is 11.9. The topological polar surface area (TPSA) is 3.24 Å². The van der Waals surface area contributed by atoms with E-state index >= 15 is 0 Å². The van der Waals surface area contributed by atoms with Gasteiger partial charge in [0.1, 0.15) is 0 Å². The second-order valence-electron chi connectivity index (χ2n) is 15.3. The molecule has 11 rings (SSSR count). The van der Waals surface area contributed by atoms with Gasteiger partial charge in [-0.15, -0.1) is 0 Å². The molecule has 0 aliphatic rings. The second-order valence-corrected chi connectivity index (χ2v) is 15.3. The van der Waals surface area contributed by atoms with Crippen molar-refractivity contribution in [1.29, 1.82) is 0 Å². The van der Waals surface area contributed by atoms with Crippen LogP contribution in [0.15, 0.2) is 218 Å². The Kier molecular flexibility index (Phi) is 8.12. The van der Waals surface area contributed by atoms with Crippen molar-refractivity contribution in [2.45, 2.75) is 6.92 Å². The van der Waals surface area contributed by atoms with E-state index in [1.54, 1.807) is 0 Å². The summed E-state index contributed by atoms with van der Waals surface area (Å²) in [6, 6.07) is 80.2. The van der Waals surface area contributed by atoms with Crippen LogP contribution in [0.4, 0.5) is 17.1 Å². The molecular weight excluding hydrogens is 699 g/mol. The van der Waals surface area contributed by atoms with E-state index in [1.807, 2.05) is 0 Å². The van der Waals surface area contributed by atoms with E-state index in [4.69, 9.17) is 0 Å². The van der Waals surface area contributed by atoms with E-state index in [9.17, 15) is 0 Å². The molecule has 58 heavy (non-hydrogen) atoms. The van der Waals surface area contributed by atoms with Gasteiger partial charge in [-0.3, -0.25) is 0 Å². The van der Waals surface area contributed by atoms with Crippen LogP contribution in [0.1, 0.15) is 5.56 Å². The summed E-state index contributed by atoms with van der Waals surface area (Å²) >= 11 is 0. The molecule has 0 N–H and O–H groups in total. The molecule has 1 nitrogen and oxygen atoms in total. The van der Waals surface area contributed by atoms with Gasteiger partial charge in [0, 0.05) is 16.8 Å². The zero-order valence-electron chi connectivity index (χ0n) is 32.2. The average Bonchev–Trinajstić information content (AvgIpc) is 3.30. The standard InChI is InChI=1S/C57H39N/c1-38-19-11-18-32-53(38)58(54-35-42-26-12-13-27-44(42)45-28-14-16-30-47(45)54)43-33-34-49-52(36-43)46-29-15-17-31-48(46)56-51(40-22-7-3-8-23-40)37-50(39-20-5-2-6-21-39)55(57(49)56)41-24-9-4-10-25-41/h2-37H,1H3. The van der Waals surface area contributed by atoms with Crippen molar-refractivity contribution in [3.8, 4) is 33.4 Å². The van der Waals surface area contributed by atoms with Gasteiger partial charge >= 0.3 is 0 Å². The van der Waals surface area contributed by atoms with Crippen molar-refractivity contribution >= 4 is 70.9 Å². The fourth-order valence-electron chi connectivity index (χ4n) is 9.32. The fourth-order valence-corrected chi connectivity index (χ4v) is 9.32. The van der Waals surface area contributed by atoms with E-state index < -0.39 is 0 Å². The molecule has 0 saturated carbocycles. The van der Waals surface area contributed by atoms with Crippen LogP contribution in [0.5, 0.6) is 0 Å². The molecule has 0 heterocycles. The summed E-state index contributed by atoms with van der Waals surface area (Å²) in [6.45, 7) is 2.22. The van der Waals surface area contributed by atoms with Crippen LogP contribution >= 0.6 is 0 Å². The lowest BCUT2D eigenvalue weighted by molar-refractivity contribution is 1.27. The molecule has 11 aromatic rings. The van der Waals surface area contributed by atoms with Gasteiger partial charge in [-0.25, -0.2) is 0 Å². The molecule has 0 bridgehead atoms. The van der Waals surface area contributed by atoms with Gasteiger partial charge in [0.05, 0.1) is 5.69 Å². The minimum Gasteiger partial charge on any atom is -0.310 e. The Balaban J connectivity index is 1.30. The maximum atomic E-state index is 2.48. The molecule has 0 aliphatic heterocycles. The van der Waals surface area contributed by atoms with Gasteiger partial charge in [0.2, 0.25) is 0 Å². The molecule has 0 unspecified atom stereocenters. The minimum absolute atomic E-state index is 1.12. The Morgan fingerprint density at radius 3 is 1.52 bits per heavy atom. The molecule has 0 fully saturated rings. The van der Waals surface area contributed by atoms with Crippen LogP contribution in [0.25, 0.3) is 87.2 Å². The van der Waals surface area contributed by atoms with Crippen molar-refractivity contribution in [3.63, 3.8) is 0 Å². The Bertz CT molecular complexity index is 3330. The molecule has 1 heteroatoms. The lowest BCUT2D eigenvalue weighted by Crippen LogP contribution is -2.12. The highest BCUT2D eigenvalue weighted by molar-refractivity contribution is 6.33. The van der Waals surface area contributed by atoms with Crippen LogP contribution in [0.2, 0.25) is 0 Å². The van der Waals surface area contributed by atoms with Gasteiger partial charge < -0.3 is 4.90 Å². The number of para-hydroxylation sites is 1. The van der Waals surface area contributed by atoms with E-state index in [0.717, 1.165) is 17.1 Å². The monoisotopic (exact) mass is 737 g/mol. The predicted molar refractivity (Wildman–Crippen MR) is 250 cm³/mol. The van der Waals surface area contributed by atoms with Crippen LogP contribution in [0.3, 0.4) is 0 Å². The van der Waals surface area contributed by atoms with Gasteiger partial charge in [-0.1, -0.05) is 188 Å². The first-order valence-electron chi connectivity index (χ1n) is 20.1. The summed E-state index contributed by atoms with van der Waals surface area (Å²) in [7, 11) is 0. The first-order chi connectivity index (χ1) is 28.7. The molecule has 11 aromatic carbocycles. The first kappa shape index (κ1) is 33.8. The summed E-state index contributed by atoms with van der Waals surface area (Å²) in [5.41, 5.74) is 12.0. The molecular formula is C57H39N. The van der Waals surface area contributed by atoms with Gasteiger partial charge in [-0.05, 0) is 125 Å². The highest BCUT2D eigenvalue weighted by atomic mass is 15.1. The highest BCUT2D eigenvalue weighted by Crippen LogP contribution is 2.51. The number of aryl methyl sites for hydroxylation is 1. The van der Waals surface area contributed by atoms with Gasteiger partial charge in [0.25, 0.3) is 0 Å². The van der Waals surface area contributed by atoms with Crippen molar-refractivity contribution in [3.05, 3.63) is 224 Å². The number of anilines is 3. The molecule has 0 spiro atoms. The third-order valence-corrected chi connectivity index (χ3v) is 11.9. The predicted octanol–water partition coefficient (Wildman–Crippen LogP) is 16.2. The quantitative estimate of drug-likeness (QED) is 0.154. The maximum absolute atomic E-state index is 2.48. The van der Waals surface area contributed by atoms with Crippen LogP contribution < -0.4 is 4.90 Å². The van der Waals surface area contributed by atoms with Crippen molar-refractivity contribution in [2.75, 3.05) is 4.90 Å². The van der Waals surface area contributed by atoms with Gasteiger partial charge in [-0.2, -0.15) is 0 Å². The smallest absolute Gasteiger partial charge is 0.0546 e. The summed E-state index contributed by atoms with van der Waals surface area (Å²) in [6.07, 6.45) is 0. The molecule has 0 radical (unpaired) electrons. The van der Waals surface area contributed by atoms with Gasteiger partial charge in [0.15, 0.2) is 0 Å². The molecule has 0 aromatic heterocycles. The molecule has 0 atom stereocenters. The Morgan fingerprint density at radius 1 is 0.310 bits per heavy atom. The van der Waals surface area contributed by atoms with E-state index in [-0.39, 0.29) is 0 Å². The average molecular weight is 738 g/mol. The van der Waals surface area contributed by atoms with Crippen LogP contribution in [-0.2, 0) is 0 Å². The van der Waals surface area contributed by atoms with E-state index in [1.165, 1.54) is 92.8 Å². The number of rotatable bonds is 6. The Hall–Kier alpha value is -7.48. The third kappa shape index (κ3) is 5.47. The maximum Gasteiger partial charge on any atom is 0.0546 e. The van der Waals surface area contributed by atoms with Crippen molar-refractivity contribution < 1.29 is 0 Å². The normalized spacial score (nSPS) is 11.5. The second kappa shape index (κ2) is 13.9. The summed E-state index contributed by atoms with van der Waals surface area (Å²) in [5.74, 6) is 0. The zero-order chi connectivity index (χ0) is 38.6. The Morgan fingerprint density at radius 2 is 0.828 bits per heavy atom. The number of nitrogens with zero attached hydrogens (tertiary/aromatic N) is 1. The largest absolute Gasteiger partial charge is 0.310 e. The summed E-state index contributed by atoms with van der Waals surface area (Å²) in [4.78, 5) is 2.48. The fraction of sp³-hybridized carbons (Fsp3) is 0.0175. The highest BCUT2D eigenvalue weighted by Gasteiger charge is 2.24. The summed E-state index contributed by atoms with van der Waals surface area (Å²) in [5, 5.41) is 12.5. The van der Waals surface area contributed by atoms with Crippen molar-refractivity contribution in [2.24, 2.45) is 0 Å². The summed E-state index contributed by atoms with van der Waals surface area (Å²) < 4.78 is 0. The zero-order valence-corrected chi connectivity index (χ0v) is 32.2. The first-order valence-corrected chi connectivity index (χ1v) is 20.1. The SMILES string of the molecule is Cc1ccccc1N(c1ccc2c(c1)c1ccccc1c1c(-c3ccccc3)cc(-c3ccccc3)c(-c3ccccc3)c21)c1cc2ccccc2c2ccccc12. The number of hydrogen-bond donors (Lipinski definition) is 0. The lowest BCUT2D eigenvalue weighted by atomic mass is 9.81. The molecule has 272 valence electrons. The number of fused-ring (bicyclic) bond motifs is 9. The minimum atomic E-state index is 1.12. The number of benzene rings is 11. The van der Waals surface area contributed by atoms with Crippen molar-refractivity contribution in [1.82, 2.24) is 0 Å². The van der Waals surface area contributed by atoms with Crippen LogP contribution in [0, 0.1) is 6.92 Å².